The molecule has 47 heavy (non-hydrogen) atoms. The van der Waals surface area contributed by atoms with Crippen molar-refractivity contribution in [3.8, 4) is 43.9 Å². The van der Waals surface area contributed by atoms with Crippen LogP contribution in [0.25, 0.3) is 20.9 Å². The molecular formula is C42H64O4S. The summed E-state index contributed by atoms with van der Waals surface area (Å²) in [6, 6.07) is 13.2. The summed E-state index contributed by atoms with van der Waals surface area (Å²) in [5.41, 5.74) is 4.46. The summed E-state index contributed by atoms with van der Waals surface area (Å²) in [6.45, 7) is 16.2. The standard InChI is InChI=1S/C42H64O4S/c1-7-11-15-19-25-43-37-31-35(39(29-33(37)5)45-27-21-17-13-9-3)41-23-24-42(47-41)36-32-38(44-26-20-16-12-8-2)34(6)30-40(36)46-28-22-18-14-10-4/h23-24,29-32H,7-22,25-28H2,1-6H3. The Labute approximate surface area is 291 Å². The maximum Gasteiger partial charge on any atom is 0.128 e. The molecule has 0 aliphatic rings. The summed E-state index contributed by atoms with van der Waals surface area (Å²) in [5.74, 6) is 3.79. The Morgan fingerprint density at radius 1 is 0.404 bits per heavy atom. The van der Waals surface area contributed by atoms with Crippen LogP contribution >= 0.6 is 11.3 Å². The zero-order chi connectivity index (χ0) is 33.7. The molecule has 0 unspecified atom stereocenters. The Kier molecular flexibility index (Phi) is 18.8. The van der Waals surface area contributed by atoms with Gasteiger partial charge in [0.1, 0.15) is 23.0 Å². The maximum absolute atomic E-state index is 6.47. The normalized spacial score (nSPS) is 11.2. The van der Waals surface area contributed by atoms with Gasteiger partial charge in [-0.1, -0.05) is 105 Å². The van der Waals surface area contributed by atoms with E-state index in [9.17, 15) is 0 Å². The lowest BCUT2D eigenvalue weighted by Gasteiger charge is -2.17. The van der Waals surface area contributed by atoms with Crippen molar-refractivity contribution in [2.24, 2.45) is 0 Å². The van der Waals surface area contributed by atoms with Crippen molar-refractivity contribution in [1.82, 2.24) is 0 Å². The van der Waals surface area contributed by atoms with Crippen LogP contribution in [0, 0.1) is 13.8 Å². The number of aryl methyl sites for hydroxylation is 2. The Hall–Kier alpha value is -2.66. The fourth-order valence-corrected chi connectivity index (χ4v) is 6.78. The molecule has 0 saturated carbocycles. The van der Waals surface area contributed by atoms with Gasteiger partial charge in [0.15, 0.2) is 0 Å². The monoisotopic (exact) mass is 664 g/mol. The minimum atomic E-state index is 0.731. The molecular weight excluding hydrogens is 601 g/mol. The third-order valence-electron chi connectivity index (χ3n) is 8.71. The van der Waals surface area contributed by atoms with Gasteiger partial charge in [-0.15, -0.1) is 11.3 Å². The highest BCUT2D eigenvalue weighted by Crippen LogP contribution is 2.45. The molecule has 0 spiro atoms. The van der Waals surface area contributed by atoms with E-state index >= 15 is 0 Å². The van der Waals surface area contributed by atoms with Crippen LogP contribution in [0.2, 0.25) is 0 Å². The lowest BCUT2D eigenvalue weighted by Crippen LogP contribution is -2.02. The quantitative estimate of drug-likeness (QED) is 0.0800. The minimum absolute atomic E-state index is 0.731. The Bertz CT molecular complexity index is 1180. The molecule has 1 aromatic heterocycles. The van der Waals surface area contributed by atoms with E-state index in [0.717, 1.165) is 97.4 Å². The van der Waals surface area contributed by atoms with Gasteiger partial charge in [-0.2, -0.15) is 0 Å². The molecule has 0 atom stereocenters. The molecule has 0 aliphatic heterocycles. The van der Waals surface area contributed by atoms with Crippen molar-refractivity contribution < 1.29 is 18.9 Å². The molecule has 0 radical (unpaired) electrons. The Morgan fingerprint density at radius 3 is 1.04 bits per heavy atom. The third-order valence-corrected chi connectivity index (χ3v) is 9.86. The zero-order valence-electron chi connectivity index (χ0n) is 30.6. The molecule has 3 aromatic rings. The van der Waals surface area contributed by atoms with Gasteiger partial charge >= 0.3 is 0 Å². The first-order valence-corrected chi connectivity index (χ1v) is 19.7. The van der Waals surface area contributed by atoms with Crippen LogP contribution in [0.1, 0.15) is 142 Å². The van der Waals surface area contributed by atoms with Crippen LogP contribution in [0.5, 0.6) is 23.0 Å². The van der Waals surface area contributed by atoms with E-state index in [1.54, 1.807) is 11.3 Å². The molecule has 262 valence electrons. The Morgan fingerprint density at radius 2 is 0.723 bits per heavy atom. The number of benzene rings is 2. The average Bonchev–Trinajstić information content (AvgIpc) is 3.56. The molecule has 5 heteroatoms. The highest BCUT2D eigenvalue weighted by Gasteiger charge is 2.18. The number of rotatable bonds is 26. The summed E-state index contributed by atoms with van der Waals surface area (Å²) in [5, 5.41) is 0. The lowest BCUT2D eigenvalue weighted by molar-refractivity contribution is 0.296. The van der Waals surface area contributed by atoms with Gasteiger partial charge in [0.25, 0.3) is 0 Å². The van der Waals surface area contributed by atoms with Crippen molar-refractivity contribution in [2.45, 2.75) is 144 Å². The van der Waals surface area contributed by atoms with Crippen molar-refractivity contribution in [1.29, 1.82) is 0 Å². The summed E-state index contributed by atoms with van der Waals surface area (Å²) >= 11 is 1.79. The molecule has 0 fully saturated rings. The molecule has 4 nitrogen and oxygen atoms in total. The molecule has 0 saturated heterocycles. The molecule has 2 aromatic carbocycles. The second-order valence-corrected chi connectivity index (χ2v) is 14.1. The van der Waals surface area contributed by atoms with Gasteiger partial charge in [-0.05, 0) is 87.1 Å². The fourth-order valence-electron chi connectivity index (χ4n) is 5.73. The number of unbranched alkanes of at least 4 members (excludes halogenated alkanes) is 12. The lowest BCUT2D eigenvalue weighted by atomic mass is 10.1. The van der Waals surface area contributed by atoms with Crippen molar-refractivity contribution >= 4 is 11.3 Å². The summed E-state index contributed by atoms with van der Waals surface area (Å²) in [4.78, 5) is 2.35. The first-order chi connectivity index (χ1) is 23.0. The SMILES string of the molecule is CCCCCCOc1cc(-c2ccc(-c3cc(OCCCCCC)c(C)cc3OCCCCCC)s2)c(OCCCCCC)cc1C. The van der Waals surface area contributed by atoms with Crippen LogP contribution in [-0.4, -0.2) is 26.4 Å². The summed E-state index contributed by atoms with van der Waals surface area (Å²) in [6.07, 6.45) is 19.0. The van der Waals surface area contributed by atoms with Gasteiger partial charge in [0, 0.05) is 20.9 Å². The van der Waals surface area contributed by atoms with Crippen molar-refractivity contribution in [3.05, 3.63) is 47.5 Å². The minimum Gasteiger partial charge on any atom is -0.493 e. The molecule has 3 rings (SSSR count). The number of thiophene rings is 1. The van der Waals surface area contributed by atoms with Gasteiger partial charge in [-0.3, -0.25) is 0 Å². The zero-order valence-corrected chi connectivity index (χ0v) is 31.5. The smallest absolute Gasteiger partial charge is 0.128 e. The second kappa shape index (κ2) is 22.8. The second-order valence-electron chi connectivity index (χ2n) is 13.0. The first-order valence-electron chi connectivity index (χ1n) is 18.9. The van der Waals surface area contributed by atoms with Crippen LogP contribution in [-0.2, 0) is 0 Å². The van der Waals surface area contributed by atoms with Gasteiger partial charge in [0.2, 0.25) is 0 Å². The predicted octanol–water partition coefficient (Wildman–Crippen LogP) is 13.5. The average molecular weight is 665 g/mol. The van der Waals surface area contributed by atoms with Crippen LogP contribution in [0.3, 0.4) is 0 Å². The van der Waals surface area contributed by atoms with E-state index in [1.807, 2.05) is 0 Å². The van der Waals surface area contributed by atoms with Gasteiger partial charge < -0.3 is 18.9 Å². The van der Waals surface area contributed by atoms with E-state index in [1.165, 1.54) is 86.8 Å². The fraction of sp³-hybridized carbons (Fsp3) is 0.619. The molecule has 0 N–H and O–H groups in total. The van der Waals surface area contributed by atoms with Gasteiger partial charge in [0.05, 0.1) is 26.4 Å². The first kappa shape index (κ1) is 38.8. The molecule has 1 heterocycles. The van der Waals surface area contributed by atoms with Crippen molar-refractivity contribution in [2.75, 3.05) is 26.4 Å². The maximum atomic E-state index is 6.47. The summed E-state index contributed by atoms with van der Waals surface area (Å²) in [7, 11) is 0. The highest BCUT2D eigenvalue weighted by atomic mass is 32.1. The van der Waals surface area contributed by atoms with E-state index in [4.69, 9.17) is 18.9 Å². The molecule has 0 amide bonds. The van der Waals surface area contributed by atoms with E-state index in [0.29, 0.717) is 0 Å². The summed E-state index contributed by atoms with van der Waals surface area (Å²) < 4.78 is 25.6. The topological polar surface area (TPSA) is 36.9 Å². The molecule has 0 bridgehead atoms. The van der Waals surface area contributed by atoms with Crippen LogP contribution in [0.15, 0.2) is 36.4 Å². The van der Waals surface area contributed by atoms with E-state index in [-0.39, 0.29) is 0 Å². The van der Waals surface area contributed by atoms with Gasteiger partial charge in [-0.25, -0.2) is 0 Å². The number of hydrogen-bond donors (Lipinski definition) is 0. The Balaban J connectivity index is 1.92. The highest BCUT2D eigenvalue weighted by molar-refractivity contribution is 7.18. The van der Waals surface area contributed by atoms with Crippen molar-refractivity contribution in [3.63, 3.8) is 0 Å². The van der Waals surface area contributed by atoms with Crippen LogP contribution < -0.4 is 18.9 Å². The molecule has 0 aliphatic carbocycles. The third kappa shape index (κ3) is 13.4. The number of ether oxygens (including phenoxy) is 4. The predicted molar refractivity (Wildman–Crippen MR) is 203 cm³/mol. The van der Waals surface area contributed by atoms with E-state index < -0.39 is 0 Å². The largest absolute Gasteiger partial charge is 0.493 e. The van der Waals surface area contributed by atoms with Crippen LogP contribution in [0.4, 0.5) is 0 Å². The number of hydrogen-bond acceptors (Lipinski definition) is 5. The van der Waals surface area contributed by atoms with E-state index in [2.05, 4.69) is 77.9 Å².